The second-order valence-electron chi connectivity index (χ2n) is 25.5. The molecule has 81 heavy (non-hydrogen) atoms. The van der Waals surface area contributed by atoms with E-state index in [1.807, 2.05) is 41.5 Å². The van der Waals surface area contributed by atoms with Gasteiger partial charge in [0.05, 0.1) is 84.4 Å². The quantitative estimate of drug-likeness (QED) is 0.0250. The predicted molar refractivity (Wildman–Crippen MR) is 347 cm³/mol. The summed E-state index contributed by atoms with van der Waals surface area (Å²) >= 11 is 0. The molecule has 0 aromatic rings. The molecule has 0 aliphatic heterocycles. The summed E-state index contributed by atoms with van der Waals surface area (Å²) in [7, 11) is -12.7. The number of rotatable bonds is 53. The van der Waals surface area contributed by atoms with E-state index < -0.39 is 68.9 Å². The van der Waals surface area contributed by atoms with Crippen LogP contribution in [0.3, 0.4) is 0 Å². The van der Waals surface area contributed by atoms with Crippen LogP contribution in [0.2, 0.25) is 96.7 Å². The van der Waals surface area contributed by atoms with Crippen molar-refractivity contribution in [1.29, 1.82) is 0 Å². The predicted octanol–water partition coefficient (Wildman–Crippen LogP) is 5.90. The van der Waals surface area contributed by atoms with Crippen molar-refractivity contribution in [1.82, 2.24) is 16.0 Å². The minimum absolute atomic E-state index is 0. The highest BCUT2D eigenvalue weighted by Crippen LogP contribution is 2.27. The molecule has 0 aliphatic rings. The van der Waals surface area contributed by atoms with Crippen LogP contribution in [0.5, 0.6) is 0 Å². The zero-order valence-corrected chi connectivity index (χ0v) is 60.1. The van der Waals surface area contributed by atoms with Gasteiger partial charge in [-0.2, -0.15) is 0 Å². The van der Waals surface area contributed by atoms with E-state index in [9.17, 15) is 15.3 Å². The van der Waals surface area contributed by atoms with Crippen LogP contribution >= 0.6 is 0 Å². The van der Waals surface area contributed by atoms with Crippen molar-refractivity contribution in [3.05, 3.63) is 0 Å². The lowest BCUT2D eigenvalue weighted by molar-refractivity contribution is 0.0328. The molecule has 0 saturated heterocycles. The Labute approximate surface area is 502 Å². The maximum Gasteiger partial charge on any atom is 0.322 e. The van der Waals surface area contributed by atoms with Crippen molar-refractivity contribution >= 4 is 50.6 Å². The molecule has 9 atom stereocenters. The Morgan fingerprint density at radius 3 is 1.05 bits per heavy atom. The first-order valence-electron chi connectivity index (χ1n) is 30.0. The maximum atomic E-state index is 10.3. The third-order valence-corrected chi connectivity index (χ3v) is 33.9. The van der Waals surface area contributed by atoms with Crippen LogP contribution in [-0.4, -0.2) is 238 Å². The van der Waals surface area contributed by atoms with Crippen molar-refractivity contribution in [3.8, 4) is 0 Å². The van der Waals surface area contributed by atoms with Crippen LogP contribution in [0.15, 0.2) is 0 Å². The molecule has 0 rings (SSSR count). The third kappa shape index (κ3) is 57.9. The van der Waals surface area contributed by atoms with E-state index in [1.54, 1.807) is 0 Å². The Morgan fingerprint density at radius 1 is 0.370 bits per heavy atom. The molecule has 492 valence electrons. The summed E-state index contributed by atoms with van der Waals surface area (Å²) in [5, 5.41) is 49.3. The van der Waals surface area contributed by atoms with Gasteiger partial charge >= 0.3 is 25.7 Å². The molecule has 0 fully saturated rings. The fourth-order valence-electron chi connectivity index (χ4n) is 8.72. The van der Waals surface area contributed by atoms with Crippen molar-refractivity contribution in [2.24, 2.45) is 17.2 Å². The largest absolute Gasteiger partial charge is 0.437 e. The lowest BCUT2D eigenvalue weighted by Gasteiger charge is -2.38. The van der Waals surface area contributed by atoms with E-state index in [2.05, 4.69) is 94.5 Å². The molecule has 0 radical (unpaired) electrons. The van der Waals surface area contributed by atoms with E-state index in [0.717, 1.165) is 56.7 Å². The highest BCUT2D eigenvalue weighted by molar-refractivity contribution is 6.88. The van der Waals surface area contributed by atoms with Gasteiger partial charge < -0.3 is 103 Å². The highest BCUT2D eigenvalue weighted by Gasteiger charge is 2.41. The topological polar surface area (TPSA) is 297 Å². The lowest BCUT2D eigenvalue weighted by Crippen LogP contribution is -2.53. The average Bonchev–Trinajstić information content (AvgIpc) is 3.29. The van der Waals surface area contributed by atoms with Gasteiger partial charge in [0.2, 0.25) is 0 Å². The van der Waals surface area contributed by atoms with E-state index in [-0.39, 0.29) is 50.3 Å². The minimum Gasteiger partial charge on any atom is -0.437 e. The molecular weight excluding hydrogens is 1140 g/mol. The molecule has 0 bridgehead atoms. The van der Waals surface area contributed by atoms with Gasteiger partial charge in [-0.15, -0.1) is 0 Å². The zero-order valence-electron chi connectivity index (χ0n) is 54.1. The summed E-state index contributed by atoms with van der Waals surface area (Å²) in [5.74, 6) is 0. The molecule has 0 amide bonds. The molecule has 0 aromatic carbocycles. The van der Waals surface area contributed by atoms with Gasteiger partial charge in [0.1, 0.15) is 0 Å². The number of hydrogen-bond donors (Lipinski definition) is 10. The number of aliphatic hydroxyl groups is 4. The number of unbranched alkanes of at least 4 members (excludes halogenated alkanes) is 1. The van der Waals surface area contributed by atoms with Crippen molar-refractivity contribution in [2.75, 3.05) is 112 Å². The molecule has 27 heteroatoms. The van der Waals surface area contributed by atoms with Crippen LogP contribution in [0, 0.1) is 0 Å². The second kappa shape index (κ2) is 47.5. The summed E-state index contributed by atoms with van der Waals surface area (Å²) in [5.41, 5.74) is 17.1. The number of nitrogens with two attached hydrogens (primary N) is 3. The second-order valence-corrected chi connectivity index (χ2v) is 49.5. The minimum atomic E-state index is -2.40. The molecule has 0 saturated carbocycles. The van der Waals surface area contributed by atoms with Crippen LogP contribution < -0.4 is 33.2 Å². The Bertz CT molecular complexity index is 1400. The van der Waals surface area contributed by atoms with E-state index in [4.69, 9.17) is 71.6 Å². The first kappa shape index (κ1) is 85.7. The van der Waals surface area contributed by atoms with Crippen LogP contribution in [0.1, 0.15) is 87.5 Å². The van der Waals surface area contributed by atoms with Crippen LogP contribution in [0.4, 0.5) is 0 Å². The molecule has 0 heterocycles. The highest BCUT2D eigenvalue weighted by atomic mass is 28.5. The Balaban J connectivity index is -0.00000153. The summed E-state index contributed by atoms with van der Waals surface area (Å²) in [6.07, 6.45) is 3.71. The van der Waals surface area contributed by atoms with Crippen LogP contribution in [-0.2, 0) is 49.3 Å². The fraction of sp³-hybridized carbons (Fsp3) is 1.00. The monoisotopic (exact) mass is 1270 g/mol. The number of hydrogen-bond acceptors (Lipinski definition) is 21. The molecule has 9 unspecified atom stereocenters. The Kier molecular flexibility index (Phi) is 50.2. The summed E-state index contributed by atoms with van der Waals surface area (Å²) in [6, 6.07) is 3.49. The molecule has 21 nitrogen and oxygen atoms in total. The van der Waals surface area contributed by atoms with Gasteiger partial charge in [-0.25, -0.2) is 0 Å². The molecular formula is C54H132N6O15Si6. The molecule has 0 aromatic heterocycles. The smallest absolute Gasteiger partial charge is 0.322 e. The number of aliphatic hydroxyl groups excluding tert-OH is 4. The third-order valence-electron chi connectivity index (χ3n) is 11.8. The number of nitrogens with one attached hydrogen (secondary N) is 3. The molecule has 0 aliphatic carbocycles. The Morgan fingerprint density at radius 2 is 0.704 bits per heavy atom. The van der Waals surface area contributed by atoms with Crippen molar-refractivity contribution < 1.29 is 69.7 Å². The fourth-order valence-corrected chi connectivity index (χ4v) is 35.6. The van der Waals surface area contributed by atoms with Gasteiger partial charge in [0, 0.05) is 82.3 Å². The van der Waals surface area contributed by atoms with Gasteiger partial charge in [-0.3, -0.25) is 0 Å². The Hall–Kier alpha value is 0.461. The van der Waals surface area contributed by atoms with Crippen LogP contribution in [0.25, 0.3) is 0 Å². The van der Waals surface area contributed by atoms with E-state index >= 15 is 0 Å². The van der Waals surface area contributed by atoms with Crippen molar-refractivity contribution in [3.63, 3.8) is 0 Å². The number of ether oxygens (including phenoxy) is 6. The van der Waals surface area contributed by atoms with E-state index in [1.165, 1.54) is 0 Å². The normalized spacial score (nSPS) is 16.4. The van der Waals surface area contributed by atoms with Gasteiger partial charge in [0.15, 0.2) is 25.0 Å². The van der Waals surface area contributed by atoms with Gasteiger partial charge in [-0.05, 0) is 177 Å². The molecule has 13 N–H and O–H groups in total. The summed E-state index contributed by atoms with van der Waals surface area (Å²) in [4.78, 5) is 0. The zero-order chi connectivity index (χ0) is 61.5. The summed E-state index contributed by atoms with van der Waals surface area (Å²) in [6.45, 7) is 46.2. The SMILES string of the molecule is C.CC(N)COCC(C)NCC(O)CCCCO[Si](C)(C)O[Si](C)(C)O[Si](C)(C)CCCOCC(O)CNC(C)COCC(C)N.CC(N)COCC(C)NCC(O)COCCC[Si](C)(C)O[Si](C)(C)O[Si](C)(C)CCCOCCO. The standard InChI is InChI=1S/C30H72N4O8Si3.C23H56N2O7Si3.CH4/c1-25(31)20-38-22-27(3)33-18-29(35)14-11-12-16-40-44(7,8)42-45(9,10)41-43(5,6)17-13-15-37-24-30(36)19-34-28(4)23-39-21-26(2)32;1-21(24)18-30-19-22(2)25-17-23(27)20-29-13-10-16-34(5,6)32-35(7,8)31-33(3,4)15-9-12-28-14-11-26;/h25-30,33-36H,11-24,31-32H2,1-10H3;21-23,25-27H,9-20,24H2,1-8H3;1H4. The average molecular weight is 1270 g/mol. The first-order chi connectivity index (χ1) is 37.0. The lowest BCUT2D eigenvalue weighted by atomic mass is 10.1. The van der Waals surface area contributed by atoms with Gasteiger partial charge in [0.25, 0.3) is 0 Å². The maximum absolute atomic E-state index is 10.3. The van der Waals surface area contributed by atoms with Gasteiger partial charge in [-0.1, -0.05) is 7.43 Å². The summed E-state index contributed by atoms with van der Waals surface area (Å²) < 4.78 is 66.1. The first-order valence-corrected chi connectivity index (χ1v) is 47.8. The molecule has 0 spiro atoms. The van der Waals surface area contributed by atoms with Crippen molar-refractivity contribution in [2.45, 2.75) is 239 Å². The van der Waals surface area contributed by atoms with E-state index in [0.29, 0.717) is 106 Å².